The van der Waals surface area contributed by atoms with Gasteiger partial charge in [-0.3, -0.25) is 9.78 Å². The predicted octanol–water partition coefficient (Wildman–Crippen LogP) is 2.55. The topological polar surface area (TPSA) is 48.5 Å². The van der Waals surface area contributed by atoms with Crippen LogP contribution in [0.4, 0.5) is 5.69 Å². The zero-order valence-electron chi connectivity index (χ0n) is 15.8. The van der Waals surface area contributed by atoms with Crippen LogP contribution in [0.1, 0.15) is 18.4 Å². The minimum atomic E-state index is 0.232. The first-order valence-electron chi connectivity index (χ1n) is 9.97. The van der Waals surface area contributed by atoms with E-state index < -0.39 is 0 Å². The molecule has 1 aromatic carbocycles. The Hall–Kier alpha value is -2.40. The van der Waals surface area contributed by atoms with Gasteiger partial charge in [-0.15, -0.1) is 0 Å². The molecule has 27 heavy (non-hydrogen) atoms. The van der Waals surface area contributed by atoms with Gasteiger partial charge in [0.1, 0.15) is 0 Å². The number of fused-ring (bicyclic) bond motifs is 1. The average molecular weight is 364 g/mol. The van der Waals surface area contributed by atoms with Crippen LogP contribution in [-0.4, -0.2) is 48.5 Å². The van der Waals surface area contributed by atoms with Crippen LogP contribution < -0.4 is 10.2 Å². The summed E-state index contributed by atoms with van der Waals surface area (Å²) in [5.74, 6) is 1.71. The van der Waals surface area contributed by atoms with Crippen LogP contribution in [-0.2, 0) is 11.3 Å². The van der Waals surface area contributed by atoms with E-state index in [2.05, 4.69) is 38.3 Å². The molecule has 0 radical (unpaired) electrons. The Morgan fingerprint density at radius 2 is 1.81 bits per heavy atom. The molecule has 2 aromatic rings. The summed E-state index contributed by atoms with van der Waals surface area (Å²) < 4.78 is 0. The molecule has 1 aromatic heterocycles. The standard InChI is InChI=1S/C22H28N4O/c27-22(25-11-8-19-14-24-15-20(19)9-12-25)17-26(21-6-2-1-3-7-21)16-18-5-4-10-23-13-18/h1-7,10,13,19-20,24H,8-9,11-12,14-17H2/t19-,20+. The number of carbonyl (C=O) groups excluding carboxylic acids is 1. The molecule has 3 heterocycles. The van der Waals surface area contributed by atoms with Crippen molar-refractivity contribution in [3.63, 3.8) is 0 Å². The van der Waals surface area contributed by atoms with Gasteiger partial charge in [-0.25, -0.2) is 0 Å². The number of carbonyl (C=O) groups is 1. The Bertz CT molecular complexity index is 722. The van der Waals surface area contributed by atoms with E-state index in [-0.39, 0.29) is 5.91 Å². The molecule has 2 aliphatic heterocycles. The summed E-state index contributed by atoms with van der Waals surface area (Å²) in [5.41, 5.74) is 2.19. The number of amides is 1. The molecule has 0 spiro atoms. The van der Waals surface area contributed by atoms with E-state index >= 15 is 0 Å². The number of hydrogen-bond acceptors (Lipinski definition) is 4. The summed E-state index contributed by atoms with van der Waals surface area (Å²) in [4.78, 5) is 21.6. The summed E-state index contributed by atoms with van der Waals surface area (Å²) >= 11 is 0. The van der Waals surface area contributed by atoms with Gasteiger partial charge in [-0.1, -0.05) is 24.3 Å². The third-order valence-electron chi connectivity index (χ3n) is 5.92. The van der Waals surface area contributed by atoms with Gasteiger partial charge >= 0.3 is 0 Å². The minimum Gasteiger partial charge on any atom is -0.358 e. The van der Waals surface area contributed by atoms with Crippen LogP contribution >= 0.6 is 0 Å². The number of likely N-dealkylation sites (tertiary alicyclic amines) is 1. The van der Waals surface area contributed by atoms with Crippen LogP contribution in [0.3, 0.4) is 0 Å². The number of hydrogen-bond donors (Lipinski definition) is 1. The number of aromatic nitrogens is 1. The fourth-order valence-corrected chi connectivity index (χ4v) is 4.32. The fourth-order valence-electron chi connectivity index (χ4n) is 4.32. The van der Waals surface area contributed by atoms with Gasteiger partial charge in [0.15, 0.2) is 0 Å². The average Bonchev–Trinajstić information content (AvgIpc) is 3.07. The Balaban J connectivity index is 1.45. The van der Waals surface area contributed by atoms with E-state index in [0.29, 0.717) is 13.1 Å². The van der Waals surface area contributed by atoms with Crippen molar-refractivity contribution in [2.24, 2.45) is 11.8 Å². The van der Waals surface area contributed by atoms with E-state index in [9.17, 15) is 4.79 Å². The third-order valence-corrected chi connectivity index (χ3v) is 5.92. The van der Waals surface area contributed by atoms with Gasteiger partial charge in [0.05, 0.1) is 6.54 Å². The smallest absolute Gasteiger partial charge is 0.242 e. The van der Waals surface area contributed by atoms with Gasteiger partial charge in [-0.05, 0) is 61.5 Å². The molecule has 4 rings (SSSR count). The number of nitrogens with zero attached hydrogens (tertiary/aromatic N) is 3. The number of rotatable bonds is 5. The molecular weight excluding hydrogens is 336 g/mol. The zero-order chi connectivity index (χ0) is 18.5. The van der Waals surface area contributed by atoms with Crippen LogP contribution in [0.15, 0.2) is 54.9 Å². The Morgan fingerprint density at radius 1 is 1.07 bits per heavy atom. The predicted molar refractivity (Wildman–Crippen MR) is 107 cm³/mol. The van der Waals surface area contributed by atoms with Crippen LogP contribution in [0.5, 0.6) is 0 Å². The van der Waals surface area contributed by atoms with Gasteiger partial charge in [0, 0.05) is 37.7 Å². The lowest BCUT2D eigenvalue weighted by Crippen LogP contribution is -2.41. The van der Waals surface area contributed by atoms with Crippen molar-refractivity contribution >= 4 is 11.6 Å². The summed E-state index contributed by atoms with van der Waals surface area (Å²) in [7, 11) is 0. The number of pyridine rings is 1. The molecule has 0 unspecified atom stereocenters. The lowest BCUT2D eigenvalue weighted by molar-refractivity contribution is -0.129. The van der Waals surface area contributed by atoms with E-state index in [4.69, 9.17) is 0 Å². The summed E-state index contributed by atoms with van der Waals surface area (Å²) in [6.07, 6.45) is 5.90. The molecule has 0 bridgehead atoms. The van der Waals surface area contributed by atoms with Crippen molar-refractivity contribution in [1.82, 2.24) is 15.2 Å². The summed E-state index contributed by atoms with van der Waals surface area (Å²) in [5, 5.41) is 3.50. The van der Waals surface area contributed by atoms with E-state index in [0.717, 1.165) is 62.1 Å². The van der Waals surface area contributed by atoms with Gasteiger partial charge in [0.25, 0.3) is 0 Å². The van der Waals surface area contributed by atoms with E-state index in [1.165, 1.54) is 0 Å². The first-order chi connectivity index (χ1) is 13.3. The van der Waals surface area contributed by atoms with Crippen LogP contribution in [0, 0.1) is 11.8 Å². The molecule has 2 atom stereocenters. The summed E-state index contributed by atoms with van der Waals surface area (Å²) in [6.45, 7) is 5.10. The molecule has 5 heteroatoms. The summed E-state index contributed by atoms with van der Waals surface area (Å²) in [6, 6.07) is 14.2. The normalized spacial score (nSPS) is 22.1. The van der Waals surface area contributed by atoms with E-state index in [1.807, 2.05) is 30.5 Å². The molecule has 1 amide bonds. The van der Waals surface area contributed by atoms with Gasteiger partial charge in [-0.2, -0.15) is 0 Å². The second kappa shape index (κ2) is 8.53. The highest BCUT2D eigenvalue weighted by molar-refractivity contribution is 5.81. The van der Waals surface area contributed by atoms with Crippen molar-refractivity contribution < 1.29 is 4.79 Å². The van der Waals surface area contributed by atoms with E-state index in [1.54, 1.807) is 6.20 Å². The maximum absolute atomic E-state index is 13.1. The van der Waals surface area contributed by atoms with Gasteiger partial charge in [0.2, 0.25) is 5.91 Å². The quantitative estimate of drug-likeness (QED) is 0.886. The number of benzene rings is 1. The maximum atomic E-state index is 13.1. The lowest BCUT2D eigenvalue weighted by atomic mass is 9.92. The number of nitrogens with one attached hydrogen (secondary N) is 1. The molecule has 0 saturated carbocycles. The fraction of sp³-hybridized carbons (Fsp3) is 0.455. The first kappa shape index (κ1) is 18.0. The highest BCUT2D eigenvalue weighted by atomic mass is 16.2. The highest BCUT2D eigenvalue weighted by Crippen LogP contribution is 2.27. The van der Waals surface area contributed by atoms with Crippen LogP contribution in [0.2, 0.25) is 0 Å². The Morgan fingerprint density at radius 3 is 2.48 bits per heavy atom. The monoisotopic (exact) mass is 364 g/mol. The van der Waals surface area contributed by atoms with Crippen LogP contribution in [0.25, 0.3) is 0 Å². The molecule has 2 aliphatic rings. The first-order valence-corrected chi connectivity index (χ1v) is 9.97. The van der Waals surface area contributed by atoms with Crippen molar-refractivity contribution in [2.75, 3.05) is 37.6 Å². The van der Waals surface area contributed by atoms with Crippen molar-refractivity contribution in [2.45, 2.75) is 19.4 Å². The maximum Gasteiger partial charge on any atom is 0.242 e. The Kier molecular flexibility index (Phi) is 5.68. The molecule has 1 N–H and O–H groups in total. The zero-order valence-corrected chi connectivity index (χ0v) is 15.8. The second-order valence-electron chi connectivity index (χ2n) is 7.69. The van der Waals surface area contributed by atoms with Crippen molar-refractivity contribution in [3.8, 4) is 0 Å². The SMILES string of the molecule is O=C(CN(Cc1cccnc1)c1ccccc1)N1CC[C@@H]2CNC[C@@H]2CC1. The van der Waals surface area contributed by atoms with Crippen molar-refractivity contribution in [3.05, 3.63) is 60.4 Å². The number of para-hydroxylation sites is 1. The third kappa shape index (κ3) is 4.48. The molecule has 5 nitrogen and oxygen atoms in total. The Labute approximate surface area is 161 Å². The minimum absolute atomic E-state index is 0.232. The molecule has 142 valence electrons. The largest absolute Gasteiger partial charge is 0.358 e. The van der Waals surface area contributed by atoms with Crippen molar-refractivity contribution in [1.29, 1.82) is 0 Å². The highest BCUT2D eigenvalue weighted by Gasteiger charge is 2.31. The lowest BCUT2D eigenvalue weighted by Gasteiger charge is -2.28. The molecule has 2 saturated heterocycles. The van der Waals surface area contributed by atoms with Gasteiger partial charge < -0.3 is 15.1 Å². The second-order valence-corrected chi connectivity index (χ2v) is 7.69. The molecule has 0 aliphatic carbocycles. The molecule has 2 fully saturated rings. The molecular formula is C22H28N4O. The number of anilines is 1.